The molecule has 0 aliphatic carbocycles. The van der Waals surface area contributed by atoms with Crippen molar-refractivity contribution in [1.82, 2.24) is 4.90 Å². The number of rotatable bonds is 5. The summed E-state index contributed by atoms with van der Waals surface area (Å²) in [6, 6.07) is 13.2. The minimum Gasteiger partial charge on any atom is -0.496 e. The van der Waals surface area contributed by atoms with Gasteiger partial charge in [0.1, 0.15) is 17.1 Å². The van der Waals surface area contributed by atoms with Crippen molar-refractivity contribution in [3.05, 3.63) is 53.1 Å². The SMILES string of the molecule is COCCN=C1Nc2ccccc2NC12CCCN(C(=O)c1cc(Cl)ccc1OC)C2. The highest BCUT2D eigenvalue weighted by atomic mass is 35.5. The van der Waals surface area contributed by atoms with Gasteiger partial charge in [-0.15, -0.1) is 0 Å². The van der Waals surface area contributed by atoms with Gasteiger partial charge in [0.2, 0.25) is 0 Å². The number of nitrogens with zero attached hydrogens (tertiary/aromatic N) is 2. The number of methoxy groups -OCH3 is 2. The van der Waals surface area contributed by atoms with E-state index in [1.54, 1.807) is 32.4 Å². The smallest absolute Gasteiger partial charge is 0.257 e. The first-order valence-electron chi connectivity index (χ1n) is 10.4. The zero-order valence-electron chi connectivity index (χ0n) is 17.8. The van der Waals surface area contributed by atoms with Crippen LogP contribution in [0.5, 0.6) is 5.75 Å². The largest absolute Gasteiger partial charge is 0.496 e. The van der Waals surface area contributed by atoms with Crippen LogP contribution >= 0.6 is 11.6 Å². The number of likely N-dealkylation sites (tertiary alicyclic amines) is 1. The van der Waals surface area contributed by atoms with Crippen LogP contribution in [0.15, 0.2) is 47.5 Å². The number of fused-ring (bicyclic) bond motifs is 1. The van der Waals surface area contributed by atoms with Crippen molar-refractivity contribution in [3.63, 3.8) is 0 Å². The number of halogens is 1. The molecular formula is C23H27ClN4O3. The molecular weight excluding hydrogens is 416 g/mol. The lowest BCUT2D eigenvalue weighted by atomic mass is 9.84. The number of anilines is 2. The molecule has 2 aromatic carbocycles. The molecule has 2 heterocycles. The molecule has 0 radical (unpaired) electrons. The van der Waals surface area contributed by atoms with Gasteiger partial charge < -0.3 is 25.0 Å². The third kappa shape index (κ3) is 4.34. The Morgan fingerprint density at radius 3 is 2.81 bits per heavy atom. The van der Waals surface area contributed by atoms with Crippen molar-refractivity contribution in [1.29, 1.82) is 0 Å². The lowest BCUT2D eigenvalue weighted by Gasteiger charge is -2.47. The van der Waals surface area contributed by atoms with E-state index in [1.165, 1.54) is 0 Å². The Balaban J connectivity index is 1.66. The highest BCUT2D eigenvalue weighted by Gasteiger charge is 2.44. The first-order chi connectivity index (χ1) is 15.1. The molecule has 0 aromatic heterocycles. The van der Waals surface area contributed by atoms with Crippen molar-refractivity contribution < 1.29 is 14.3 Å². The molecule has 2 aliphatic heterocycles. The van der Waals surface area contributed by atoms with E-state index >= 15 is 0 Å². The fourth-order valence-electron chi connectivity index (χ4n) is 4.25. The maximum Gasteiger partial charge on any atom is 0.257 e. The predicted octanol–water partition coefficient (Wildman–Crippen LogP) is 3.91. The Morgan fingerprint density at radius 2 is 2.03 bits per heavy atom. The first kappa shape index (κ1) is 21.5. The van der Waals surface area contributed by atoms with E-state index in [4.69, 9.17) is 26.1 Å². The van der Waals surface area contributed by atoms with Crippen molar-refractivity contribution in [3.8, 4) is 5.75 Å². The molecule has 7 nitrogen and oxygen atoms in total. The maximum atomic E-state index is 13.4. The van der Waals surface area contributed by atoms with E-state index in [0.29, 0.717) is 42.6 Å². The predicted molar refractivity (Wildman–Crippen MR) is 124 cm³/mol. The van der Waals surface area contributed by atoms with Crippen molar-refractivity contribution >= 4 is 34.7 Å². The van der Waals surface area contributed by atoms with Gasteiger partial charge in [-0.2, -0.15) is 0 Å². The van der Waals surface area contributed by atoms with Gasteiger partial charge in [-0.3, -0.25) is 9.79 Å². The average Bonchev–Trinajstić information content (AvgIpc) is 2.79. The maximum absolute atomic E-state index is 13.4. The fourth-order valence-corrected chi connectivity index (χ4v) is 4.42. The Hall–Kier alpha value is -2.77. The molecule has 1 fully saturated rings. The quantitative estimate of drug-likeness (QED) is 0.687. The van der Waals surface area contributed by atoms with Gasteiger partial charge in [-0.25, -0.2) is 0 Å². The number of piperidine rings is 1. The summed E-state index contributed by atoms with van der Waals surface area (Å²) in [4.78, 5) is 20.1. The number of hydrogen-bond acceptors (Lipinski definition) is 5. The first-order valence-corrected chi connectivity index (χ1v) is 10.7. The molecule has 2 N–H and O–H groups in total. The number of para-hydroxylation sites is 2. The van der Waals surface area contributed by atoms with Gasteiger partial charge in [-0.1, -0.05) is 23.7 Å². The molecule has 4 rings (SSSR count). The van der Waals surface area contributed by atoms with Crippen LogP contribution in [-0.2, 0) is 4.74 Å². The normalized spacial score (nSPS) is 21.4. The van der Waals surface area contributed by atoms with Crippen LogP contribution < -0.4 is 15.4 Å². The molecule has 0 saturated carbocycles. The minimum absolute atomic E-state index is 0.102. The Bertz CT molecular complexity index is 997. The number of benzene rings is 2. The summed E-state index contributed by atoms with van der Waals surface area (Å²) in [7, 11) is 3.22. The second-order valence-corrected chi connectivity index (χ2v) is 8.21. The number of carbonyl (C=O) groups is 1. The molecule has 0 bridgehead atoms. The van der Waals surface area contributed by atoms with E-state index in [2.05, 4.69) is 10.6 Å². The lowest BCUT2D eigenvalue weighted by Crippen LogP contribution is -2.62. The second-order valence-electron chi connectivity index (χ2n) is 7.78. The molecule has 8 heteroatoms. The van der Waals surface area contributed by atoms with Gasteiger partial charge in [0.15, 0.2) is 0 Å². The zero-order chi connectivity index (χ0) is 21.8. The van der Waals surface area contributed by atoms with Crippen LogP contribution in [0.2, 0.25) is 5.02 Å². The molecule has 31 heavy (non-hydrogen) atoms. The van der Waals surface area contributed by atoms with E-state index in [1.807, 2.05) is 29.2 Å². The summed E-state index contributed by atoms with van der Waals surface area (Å²) in [5, 5.41) is 7.68. The molecule has 1 saturated heterocycles. The van der Waals surface area contributed by atoms with Gasteiger partial charge in [0.25, 0.3) is 5.91 Å². The monoisotopic (exact) mass is 442 g/mol. The van der Waals surface area contributed by atoms with E-state index in [9.17, 15) is 4.79 Å². The lowest BCUT2D eigenvalue weighted by molar-refractivity contribution is 0.0691. The zero-order valence-corrected chi connectivity index (χ0v) is 18.5. The molecule has 2 aliphatic rings. The number of carbonyl (C=O) groups excluding carboxylic acids is 1. The van der Waals surface area contributed by atoms with Crippen molar-refractivity contribution in [2.45, 2.75) is 18.4 Å². The van der Waals surface area contributed by atoms with E-state index in [-0.39, 0.29) is 5.91 Å². The van der Waals surface area contributed by atoms with Crippen molar-refractivity contribution in [2.24, 2.45) is 4.99 Å². The van der Waals surface area contributed by atoms with Crippen LogP contribution in [0.3, 0.4) is 0 Å². The average molecular weight is 443 g/mol. The number of aliphatic imine (C=N–C) groups is 1. The summed E-state index contributed by atoms with van der Waals surface area (Å²) in [6.45, 7) is 2.21. The van der Waals surface area contributed by atoms with Gasteiger partial charge in [0, 0.05) is 18.7 Å². The molecule has 1 atom stereocenters. The van der Waals surface area contributed by atoms with Crippen LogP contribution in [0.25, 0.3) is 0 Å². The fraction of sp³-hybridized carbons (Fsp3) is 0.391. The summed E-state index contributed by atoms with van der Waals surface area (Å²) >= 11 is 6.17. The van der Waals surface area contributed by atoms with Gasteiger partial charge >= 0.3 is 0 Å². The molecule has 1 unspecified atom stereocenters. The molecule has 1 spiro atoms. The third-order valence-electron chi connectivity index (χ3n) is 5.74. The highest BCUT2D eigenvalue weighted by molar-refractivity contribution is 6.31. The Labute approximate surface area is 187 Å². The Kier molecular flexibility index (Phi) is 6.34. The third-order valence-corrected chi connectivity index (χ3v) is 5.98. The summed E-state index contributed by atoms with van der Waals surface area (Å²) in [5.41, 5.74) is 1.95. The number of amidine groups is 1. The molecule has 164 valence electrons. The number of ether oxygens (including phenoxy) is 2. The van der Waals surface area contributed by atoms with Crippen LogP contribution in [-0.4, -0.2) is 62.6 Å². The highest BCUT2D eigenvalue weighted by Crippen LogP contribution is 2.37. The Morgan fingerprint density at radius 1 is 1.23 bits per heavy atom. The standard InChI is InChI=1S/C23H27ClN4O3/c1-30-13-11-25-22-23(27-19-7-4-3-6-18(19)26-22)10-5-12-28(15-23)21(29)17-14-16(24)8-9-20(17)31-2/h3-4,6-9,14,27H,5,10-13,15H2,1-2H3,(H,25,26). The summed E-state index contributed by atoms with van der Waals surface area (Å²) in [5.74, 6) is 1.25. The van der Waals surface area contributed by atoms with Crippen LogP contribution in [0, 0.1) is 0 Å². The van der Waals surface area contributed by atoms with Crippen molar-refractivity contribution in [2.75, 3.05) is 51.1 Å². The van der Waals surface area contributed by atoms with Crippen LogP contribution in [0.4, 0.5) is 11.4 Å². The van der Waals surface area contributed by atoms with E-state index < -0.39 is 5.54 Å². The summed E-state index contributed by atoms with van der Waals surface area (Å²) in [6.07, 6.45) is 1.70. The second kappa shape index (κ2) is 9.16. The number of hydrogen-bond donors (Lipinski definition) is 2. The van der Waals surface area contributed by atoms with Crippen LogP contribution in [0.1, 0.15) is 23.2 Å². The minimum atomic E-state index is -0.498. The summed E-state index contributed by atoms with van der Waals surface area (Å²) < 4.78 is 10.6. The number of amides is 1. The molecule has 2 aromatic rings. The topological polar surface area (TPSA) is 75.2 Å². The molecule has 1 amide bonds. The van der Waals surface area contributed by atoms with Gasteiger partial charge in [-0.05, 0) is 43.2 Å². The van der Waals surface area contributed by atoms with E-state index in [0.717, 1.165) is 30.1 Å². The number of nitrogens with one attached hydrogen (secondary N) is 2. The van der Waals surface area contributed by atoms with Gasteiger partial charge in [0.05, 0.1) is 43.7 Å².